The number of nitrogens with zero attached hydrogens (tertiary/aromatic N) is 4. The van der Waals surface area contributed by atoms with Crippen molar-refractivity contribution in [2.45, 2.75) is 25.8 Å². The van der Waals surface area contributed by atoms with Crippen LogP contribution in [0.15, 0.2) is 22.0 Å². The summed E-state index contributed by atoms with van der Waals surface area (Å²) in [6.45, 7) is 4.01. The van der Waals surface area contributed by atoms with E-state index in [9.17, 15) is 4.79 Å². The first kappa shape index (κ1) is 14.8. The summed E-state index contributed by atoms with van der Waals surface area (Å²) in [7, 11) is 0. The zero-order valence-electron chi connectivity index (χ0n) is 13.0. The molecule has 0 N–H and O–H groups in total. The Morgan fingerprint density at radius 2 is 2.13 bits per heavy atom. The van der Waals surface area contributed by atoms with Gasteiger partial charge in [0, 0.05) is 32.1 Å². The largest absolute Gasteiger partial charge is 0.340 e. The highest BCUT2D eigenvalue weighted by Gasteiger charge is 2.31. The van der Waals surface area contributed by atoms with Gasteiger partial charge in [-0.25, -0.2) is 0 Å². The lowest BCUT2D eigenvalue weighted by Crippen LogP contribution is -2.50. The molecule has 7 heteroatoms. The van der Waals surface area contributed by atoms with Crippen LogP contribution in [0.2, 0.25) is 0 Å². The van der Waals surface area contributed by atoms with E-state index in [2.05, 4.69) is 15.0 Å². The fraction of sp³-hybridized carbons (Fsp3) is 0.562. The number of rotatable bonds is 4. The van der Waals surface area contributed by atoms with Gasteiger partial charge in [-0.1, -0.05) is 17.6 Å². The summed E-state index contributed by atoms with van der Waals surface area (Å²) >= 11 is 1.61. The highest BCUT2D eigenvalue weighted by atomic mass is 32.1. The van der Waals surface area contributed by atoms with Crippen LogP contribution >= 0.6 is 11.3 Å². The molecule has 0 radical (unpaired) electrons. The van der Waals surface area contributed by atoms with Crippen LogP contribution < -0.4 is 0 Å². The van der Waals surface area contributed by atoms with Gasteiger partial charge in [0.2, 0.25) is 17.6 Å². The van der Waals surface area contributed by atoms with Crippen LogP contribution in [0.25, 0.3) is 10.7 Å². The standard InChI is InChI=1S/C16H20N4O2S/c21-16(12-3-1-4-12)20-8-6-19(7-9-20)11-14-17-15(18-22-14)13-5-2-10-23-13/h2,5,10,12H,1,3-4,6-9,11H2. The molecule has 0 aromatic carbocycles. The van der Waals surface area contributed by atoms with E-state index < -0.39 is 0 Å². The molecule has 4 rings (SSSR count). The fourth-order valence-corrected chi connectivity index (χ4v) is 3.71. The number of thiophene rings is 1. The van der Waals surface area contributed by atoms with Crippen LogP contribution in [0, 0.1) is 5.92 Å². The Morgan fingerprint density at radius 1 is 1.30 bits per heavy atom. The lowest BCUT2D eigenvalue weighted by atomic mass is 9.84. The lowest BCUT2D eigenvalue weighted by Gasteiger charge is -2.37. The topological polar surface area (TPSA) is 62.5 Å². The molecule has 1 aliphatic carbocycles. The third kappa shape index (κ3) is 3.16. The van der Waals surface area contributed by atoms with E-state index in [1.807, 2.05) is 22.4 Å². The van der Waals surface area contributed by atoms with E-state index in [0.717, 1.165) is 43.9 Å². The molecule has 3 heterocycles. The van der Waals surface area contributed by atoms with Gasteiger partial charge in [0.25, 0.3) is 0 Å². The second-order valence-corrected chi connectivity index (χ2v) is 7.17. The van der Waals surface area contributed by atoms with Crippen molar-refractivity contribution in [3.8, 4) is 10.7 Å². The molecule has 2 aliphatic rings. The van der Waals surface area contributed by atoms with Gasteiger partial charge in [-0.3, -0.25) is 9.69 Å². The molecule has 1 aliphatic heterocycles. The molecular weight excluding hydrogens is 312 g/mol. The monoisotopic (exact) mass is 332 g/mol. The predicted molar refractivity (Wildman–Crippen MR) is 86.8 cm³/mol. The van der Waals surface area contributed by atoms with Gasteiger partial charge in [-0.2, -0.15) is 4.98 Å². The van der Waals surface area contributed by atoms with E-state index in [4.69, 9.17) is 4.52 Å². The van der Waals surface area contributed by atoms with Gasteiger partial charge in [-0.05, 0) is 24.3 Å². The second-order valence-electron chi connectivity index (χ2n) is 6.22. The van der Waals surface area contributed by atoms with Crippen LogP contribution in [-0.4, -0.2) is 52.0 Å². The molecule has 23 heavy (non-hydrogen) atoms. The second kappa shape index (κ2) is 6.41. The Labute approximate surface area is 139 Å². The smallest absolute Gasteiger partial charge is 0.241 e. The Balaban J connectivity index is 1.30. The van der Waals surface area contributed by atoms with Crippen molar-refractivity contribution < 1.29 is 9.32 Å². The number of amides is 1. The van der Waals surface area contributed by atoms with E-state index in [0.29, 0.717) is 30.1 Å². The molecule has 122 valence electrons. The molecule has 2 aromatic rings. The van der Waals surface area contributed by atoms with Crippen molar-refractivity contribution in [2.24, 2.45) is 5.92 Å². The van der Waals surface area contributed by atoms with Gasteiger partial charge in [0.05, 0.1) is 11.4 Å². The quantitative estimate of drug-likeness (QED) is 0.859. The molecule has 2 aromatic heterocycles. The summed E-state index contributed by atoms with van der Waals surface area (Å²) in [5.74, 6) is 1.96. The molecule has 2 fully saturated rings. The first-order chi connectivity index (χ1) is 11.3. The van der Waals surface area contributed by atoms with Gasteiger partial charge in [0.15, 0.2) is 0 Å². The summed E-state index contributed by atoms with van der Waals surface area (Å²) in [5, 5.41) is 6.05. The van der Waals surface area contributed by atoms with Gasteiger partial charge in [-0.15, -0.1) is 11.3 Å². The molecule has 1 saturated heterocycles. The minimum atomic E-state index is 0.297. The summed E-state index contributed by atoms with van der Waals surface area (Å²) in [6, 6.07) is 3.97. The summed E-state index contributed by atoms with van der Waals surface area (Å²) < 4.78 is 5.35. The molecule has 1 amide bonds. The average Bonchev–Trinajstić information content (AvgIpc) is 3.17. The van der Waals surface area contributed by atoms with Crippen molar-refractivity contribution in [1.82, 2.24) is 19.9 Å². The number of aromatic nitrogens is 2. The fourth-order valence-electron chi connectivity index (χ4n) is 3.06. The van der Waals surface area contributed by atoms with E-state index in [1.54, 1.807) is 11.3 Å². The number of piperazine rings is 1. The summed E-state index contributed by atoms with van der Waals surface area (Å²) in [4.78, 5) is 22.0. The van der Waals surface area contributed by atoms with Crippen LogP contribution in [0.4, 0.5) is 0 Å². The highest BCUT2D eigenvalue weighted by Crippen LogP contribution is 2.28. The van der Waals surface area contributed by atoms with Gasteiger partial charge < -0.3 is 9.42 Å². The zero-order valence-corrected chi connectivity index (χ0v) is 13.8. The molecule has 0 spiro atoms. The zero-order chi connectivity index (χ0) is 15.6. The third-order valence-electron chi connectivity index (χ3n) is 4.71. The maximum Gasteiger partial charge on any atom is 0.241 e. The molecule has 0 atom stereocenters. The van der Waals surface area contributed by atoms with E-state index in [1.165, 1.54) is 6.42 Å². The maximum absolute atomic E-state index is 12.2. The number of carbonyl (C=O) groups excluding carboxylic acids is 1. The first-order valence-corrected chi connectivity index (χ1v) is 9.05. The summed E-state index contributed by atoms with van der Waals surface area (Å²) in [6.07, 6.45) is 3.36. The van der Waals surface area contributed by atoms with Crippen molar-refractivity contribution in [1.29, 1.82) is 0 Å². The first-order valence-electron chi connectivity index (χ1n) is 8.17. The Hall–Kier alpha value is -1.73. The molecule has 0 bridgehead atoms. The minimum absolute atomic E-state index is 0.297. The number of carbonyl (C=O) groups is 1. The van der Waals surface area contributed by atoms with Crippen LogP contribution in [0.1, 0.15) is 25.2 Å². The van der Waals surface area contributed by atoms with Crippen LogP contribution in [-0.2, 0) is 11.3 Å². The Morgan fingerprint density at radius 3 is 2.78 bits per heavy atom. The van der Waals surface area contributed by atoms with Gasteiger partial charge in [0.1, 0.15) is 0 Å². The third-order valence-corrected chi connectivity index (χ3v) is 5.57. The van der Waals surface area contributed by atoms with Crippen molar-refractivity contribution >= 4 is 17.2 Å². The molecule has 1 saturated carbocycles. The lowest BCUT2D eigenvalue weighted by molar-refractivity contribution is -0.140. The van der Waals surface area contributed by atoms with E-state index >= 15 is 0 Å². The molecule has 0 unspecified atom stereocenters. The van der Waals surface area contributed by atoms with Gasteiger partial charge >= 0.3 is 0 Å². The van der Waals surface area contributed by atoms with Crippen LogP contribution in [0.5, 0.6) is 0 Å². The highest BCUT2D eigenvalue weighted by molar-refractivity contribution is 7.13. The minimum Gasteiger partial charge on any atom is -0.340 e. The molecular formula is C16H20N4O2S. The average molecular weight is 332 g/mol. The van der Waals surface area contributed by atoms with Crippen molar-refractivity contribution in [2.75, 3.05) is 26.2 Å². The van der Waals surface area contributed by atoms with Crippen molar-refractivity contribution in [3.05, 3.63) is 23.4 Å². The Kier molecular flexibility index (Phi) is 4.13. The number of hydrogen-bond acceptors (Lipinski definition) is 6. The van der Waals surface area contributed by atoms with Crippen molar-refractivity contribution in [3.63, 3.8) is 0 Å². The molecule has 6 nitrogen and oxygen atoms in total. The van der Waals surface area contributed by atoms with E-state index in [-0.39, 0.29) is 0 Å². The number of hydrogen-bond donors (Lipinski definition) is 0. The predicted octanol–water partition coefficient (Wildman–Crippen LogP) is 2.24. The summed E-state index contributed by atoms with van der Waals surface area (Å²) in [5.41, 5.74) is 0. The maximum atomic E-state index is 12.2. The Bertz CT molecular complexity index is 657. The SMILES string of the molecule is O=C(C1CCC1)N1CCN(Cc2nc(-c3cccs3)no2)CC1. The normalized spacial score (nSPS) is 19.7. The van der Waals surface area contributed by atoms with Crippen LogP contribution in [0.3, 0.4) is 0 Å².